The maximum atomic E-state index is 12.6. The van der Waals surface area contributed by atoms with Crippen molar-refractivity contribution in [3.8, 4) is 0 Å². The highest BCUT2D eigenvalue weighted by molar-refractivity contribution is 7.12. The number of aliphatic carboxylic acids is 1. The molecule has 4 nitrogen and oxygen atoms in total. The van der Waals surface area contributed by atoms with Crippen molar-refractivity contribution in [1.82, 2.24) is 5.32 Å². The number of amides is 1. The van der Waals surface area contributed by atoms with Gasteiger partial charge in [0.25, 0.3) is 5.91 Å². The highest BCUT2D eigenvalue weighted by Gasteiger charge is 2.57. The fraction of sp³-hybridized carbons (Fsp3) is 0.619. The molecule has 142 valence electrons. The van der Waals surface area contributed by atoms with Gasteiger partial charge < -0.3 is 10.4 Å². The van der Waals surface area contributed by atoms with E-state index in [9.17, 15) is 9.59 Å². The Morgan fingerprint density at radius 3 is 2.81 bits per heavy atom. The maximum absolute atomic E-state index is 12.6. The van der Waals surface area contributed by atoms with Gasteiger partial charge in [0.15, 0.2) is 0 Å². The van der Waals surface area contributed by atoms with Crippen molar-refractivity contribution in [1.29, 1.82) is 0 Å². The maximum Gasteiger partial charge on any atom is 0.303 e. The minimum Gasteiger partial charge on any atom is -0.481 e. The number of hydrogen-bond acceptors (Lipinski definition) is 3. The van der Waals surface area contributed by atoms with Gasteiger partial charge in [-0.2, -0.15) is 0 Å². The van der Waals surface area contributed by atoms with Gasteiger partial charge in [-0.15, -0.1) is 11.3 Å². The van der Waals surface area contributed by atoms with Gasteiger partial charge in [-0.1, -0.05) is 32.1 Å². The number of carbonyl (C=O) groups is 2. The number of hydrogen-bond donors (Lipinski definition) is 2. The minimum atomic E-state index is -0.732. The van der Waals surface area contributed by atoms with E-state index < -0.39 is 5.97 Å². The molecule has 3 fully saturated rings. The van der Waals surface area contributed by atoms with E-state index in [-0.39, 0.29) is 18.4 Å². The Morgan fingerprint density at radius 2 is 2.15 bits per heavy atom. The predicted octanol–water partition coefficient (Wildman–Crippen LogP) is 4.73. The van der Waals surface area contributed by atoms with Crippen molar-refractivity contribution >= 4 is 23.2 Å². The zero-order chi connectivity index (χ0) is 18.7. The molecule has 0 aromatic carbocycles. The van der Waals surface area contributed by atoms with Crippen LogP contribution in [0.4, 0.5) is 0 Å². The molecule has 4 rings (SSSR count). The number of carbonyl (C=O) groups excluding carboxylic acids is 1. The van der Waals surface area contributed by atoms with E-state index in [2.05, 4.69) is 31.3 Å². The van der Waals surface area contributed by atoms with E-state index >= 15 is 0 Å². The minimum absolute atomic E-state index is 0.0570. The average Bonchev–Trinajstić information content (AvgIpc) is 3.13. The van der Waals surface area contributed by atoms with Gasteiger partial charge in [0.05, 0.1) is 4.88 Å². The number of carboxylic acids is 1. The van der Waals surface area contributed by atoms with Crippen LogP contribution in [0.3, 0.4) is 0 Å². The number of allylic oxidation sites excluding steroid dienone is 2. The molecule has 3 saturated carbocycles. The Labute approximate surface area is 159 Å². The van der Waals surface area contributed by atoms with Crippen LogP contribution in [0.1, 0.15) is 62.0 Å². The predicted molar refractivity (Wildman–Crippen MR) is 104 cm³/mol. The van der Waals surface area contributed by atoms with Crippen LogP contribution >= 0.6 is 11.3 Å². The summed E-state index contributed by atoms with van der Waals surface area (Å²) in [4.78, 5) is 23.9. The van der Waals surface area contributed by atoms with Crippen molar-refractivity contribution in [2.75, 3.05) is 0 Å². The van der Waals surface area contributed by atoms with Crippen molar-refractivity contribution in [3.05, 3.63) is 34.5 Å². The monoisotopic (exact) mass is 375 g/mol. The molecule has 1 heterocycles. The molecule has 0 unspecified atom stereocenters. The highest BCUT2D eigenvalue weighted by atomic mass is 32.1. The first-order chi connectivity index (χ1) is 12.4. The second kappa shape index (κ2) is 7.95. The van der Waals surface area contributed by atoms with Crippen LogP contribution in [-0.4, -0.2) is 23.0 Å². The summed E-state index contributed by atoms with van der Waals surface area (Å²) >= 11 is 1.49. The fourth-order valence-electron chi connectivity index (χ4n) is 4.76. The summed E-state index contributed by atoms with van der Waals surface area (Å²) in [5, 5.41) is 14.0. The lowest BCUT2D eigenvalue weighted by Crippen LogP contribution is -2.63. The summed E-state index contributed by atoms with van der Waals surface area (Å²) in [5.41, 5.74) is 0.315. The van der Waals surface area contributed by atoms with Crippen LogP contribution in [0.5, 0.6) is 0 Å². The van der Waals surface area contributed by atoms with E-state index in [1.165, 1.54) is 24.2 Å². The lowest BCUT2D eigenvalue weighted by Gasteiger charge is -2.62. The highest BCUT2D eigenvalue weighted by Crippen LogP contribution is 2.61. The summed E-state index contributed by atoms with van der Waals surface area (Å²) in [5.74, 6) is 1.11. The molecule has 5 heteroatoms. The third-order valence-electron chi connectivity index (χ3n) is 6.48. The molecule has 2 N–H and O–H groups in total. The molecule has 1 amide bonds. The van der Waals surface area contributed by atoms with Crippen LogP contribution in [-0.2, 0) is 4.79 Å². The lowest BCUT2D eigenvalue weighted by molar-refractivity contribution is -0.137. The molecule has 4 atom stereocenters. The molecule has 2 bridgehead atoms. The van der Waals surface area contributed by atoms with Crippen LogP contribution < -0.4 is 5.32 Å². The van der Waals surface area contributed by atoms with Gasteiger partial charge in [-0.3, -0.25) is 9.59 Å². The molecule has 1 aromatic rings. The molecule has 0 aliphatic heterocycles. The van der Waals surface area contributed by atoms with Crippen molar-refractivity contribution in [2.45, 2.75) is 58.4 Å². The molecule has 1 aromatic heterocycles. The third-order valence-corrected chi connectivity index (χ3v) is 7.35. The van der Waals surface area contributed by atoms with E-state index in [1.807, 2.05) is 17.5 Å². The summed E-state index contributed by atoms with van der Waals surface area (Å²) < 4.78 is 0. The first kappa shape index (κ1) is 19.2. The summed E-state index contributed by atoms with van der Waals surface area (Å²) in [6.07, 6.45) is 9.37. The van der Waals surface area contributed by atoms with Gasteiger partial charge in [0.2, 0.25) is 0 Å². The molecule has 0 radical (unpaired) electrons. The average molecular weight is 376 g/mol. The molecular weight excluding hydrogens is 346 g/mol. The molecule has 0 spiro atoms. The quantitative estimate of drug-likeness (QED) is 0.510. The van der Waals surface area contributed by atoms with Gasteiger partial charge >= 0.3 is 5.97 Å². The Bertz CT molecular complexity index is 665. The van der Waals surface area contributed by atoms with E-state index in [1.54, 1.807) is 0 Å². The molecular formula is C21H29NO3S. The zero-order valence-corrected chi connectivity index (χ0v) is 16.4. The SMILES string of the molecule is CC1(C)[C@H]2C[C@H](C/C=C\CCCC(=O)O)[C@@H](NC(=O)c3cccs3)[C@@H]1C2. The second-order valence-corrected chi connectivity index (χ2v) is 9.27. The second-order valence-electron chi connectivity index (χ2n) is 8.33. The van der Waals surface area contributed by atoms with Gasteiger partial charge in [0, 0.05) is 12.5 Å². The van der Waals surface area contributed by atoms with E-state index in [4.69, 9.17) is 5.11 Å². The summed E-state index contributed by atoms with van der Waals surface area (Å²) in [6, 6.07) is 4.03. The van der Waals surface area contributed by atoms with Crippen LogP contribution in [0.15, 0.2) is 29.7 Å². The number of unbranched alkanes of at least 4 members (excludes halogenated alkanes) is 1. The van der Waals surface area contributed by atoms with Crippen molar-refractivity contribution in [3.63, 3.8) is 0 Å². The third kappa shape index (κ3) is 4.03. The number of nitrogens with one attached hydrogen (secondary N) is 1. The Kier molecular flexibility index (Phi) is 5.86. The lowest BCUT2D eigenvalue weighted by atomic mass is 9.44. The van der Waals surface area contributed by atoms with Gasteiger partial charge in [0.1, 0.15) is 0 Å². The number of rotatable bonds is 8. The number of thiophene rings is 1. The van der Waals surface area contributed by atoms with E-state index in [0.717, 1.165) is 23.6 Å². The van der Waals surface area contributed by atoms with Crippen LogP contribution in [0.25, 0.3) is 0 Å². The first-order valence-corrected chi connectivity index (χ1v) is 10.5. The largest absolute Gasteiger partial charge is 0.481 e. The van der Waals surface area contributed by atoms with Gasteiger partial charge in [-0.05, 0) is 66.7 Å². The Balaban J connectivity index is 1.59. The zero-order valence-electron chi connectivity index (χ0n) is 15.6. The normalized spacial score (nSPS) is 29.3. The molecule has 0 saturated heterocycles. The number of carboxylic acid groups (broad SMARTS) is 1. The van der Waals surface area contributed by atoms with Crippen molar-refractivity contribution < 1.29 is 14.7 Å². The summed E-state index contributed by atoms with van der Waals surface area (Å²) in [6.45, 7) is 4.68. The summed E-state index contributed by atoms with van der Waals surface area (Å²) in [7, 11) is 0. The van der Waals surface area contributed by atoms with Gasteiger partial charge in [-0.25, -0.2) is 0 Å². The topological polar surface area (TPSA) is 66.4 Å². The van der Waals surface area contributed by atoms with Crippen LogP contribution in [0.2, 0.25) is 0 Å². The van der Waals surface area contributed by atoms with E-state index in [0.29, 0.717) is 23.7 Å². The molecule has 3 aliphatic carbocycles. The molecule has 3 aliphatic rings. The molecule has 26 heavy (non-hydrogen) atoms. The standard InChI is InChI=1S/C21H29NO3S/c1-21(2)15-12-14(8-5-3-4-6-10-18(23)24)19(16(21)13-15)22-20(25)17-9-7-11-26-17/h3,5,7,9,11,14-16,19H,4,6,8,10,12-13H2,1-2H3,(H,22,25)(H,23,24)/b5-3-/t14-,15-,16-,19+/m0/s1. The smallest absolute Gasteiger partial charge is 0.303 e. The van der Waals surface area contributed by atoms with Crippen molar-refractivity contribution in [2.24, 2.45) is 23.2 Å². The van der Waals surface area contributed by atoms with Crippen LogP contribution in [0, 0.1) is 23.2 Å². The first-order valence-electron chi connectivity index (χ1n) is 9.60. The Hall–Kier alpha value is -1.62. The fourth-order valence-corrected chi connectivity index (χ4v) is 5.38. The Morgan fingerprint density at radius 1 is 1.35 bits per heavy atom. The number of fused-ring (bicyclic) bond motifs is 2.